The first kappa shape index (κ1) is 13.8. The summed E-state index contributed by atoms with van der Waals surface area (Å²) in [5.74, 6) is 0.594. The van der Waals surface area contributed by atoms with E-state index in [0.29, 0.717) is 23.4 Å². The van der Waals surface area contributed by atoms with Crippen LogP contribution in [0.4, 0.5) is 5.69 Å². The van der Waals surface area contributed by atoms with E-state index >= 15 is 0 Å². The summed E-state index contributed by atoms with van der Waals surface area (Å²) in [7, 11) is 1.72. The first-order valence-electron chi connectivity index (χ1n) is 6.47. The molecule has 0 radical (unpaired) electrons. The molecule has 104 valence electrons. The van der Waals surface area contributed by atoms with Crippen molar-refractivity contribution in [1.82, 2.24) is 0 Å². The van der Waals surface area contributed by atoms with Crippen molar-refractivity contribution >= 4 is 11.6 Å². The summed E-state index contributed by atoms with van der Waals surface area (Å²) < 4.78 is 5.65. The fourth-order valence-electron chi connectivity index (χ4n) is 2.18. The Balaban J connectivity index is 2.38. The second kappa shape index (κ2) is 5.19. The standard InChI is InChI=1S/C14H20N2O3/c1-4-11-14(18)16(3)10-7-9(13(17)8(2)15)5-6-12(10)19-11/h5-8,11,13,17H,4,15H2,1-3H3. The number of carbonyl (C=O) groups excluding carboxylic acids is 1. The van der Waals surface area contributed by atoms with Gasteiger partial charge in [0.05, 0.1) is 11.8 Å². The molecule has 5 heteroatoms. The Kier molecular flexibility index (Phi) is 3.78. The molecule has 3 atom stereocenters. The van der Waals surface area contributed by atoms with Gasteiger partial charge in [-0.25, -0.2) is 0 Å². The van der Waals surface area contributed by atoms with E-state index in [4.69, 9.17) is 10.5 Å². The number of amides is 1. The first-order chi connectivity index (χ1) is 8.95. The number of likely N-dealkylation sites (N-methyl/N-ethyl adjacent to an activating group) is 1. The van der Waals surface area contributed by atoms with Gasteiger partial charge in [0.1, 0.15) is 5.75 Å². The maximum Gasteiger partial charge on any atom is 0.267 e. The highest BCUT2D eigenvalue weighted by molar-refractivity contribution is 5.99. The molecule has 5 nitrogen and oxygen atoms in total. The smallest absolute Gasteiger partial charge is 0.267 e. The molecule has 0 fully saturated rings. The number of hydrogen-bond acceptors (Lipinski definition) is 4. The van der Waals surface area contributed by atoms with Crippen molar-refractivity contribution in [3.63, 3.8) is 0 Å². The number of benzene rings is 1. The van der Waals surface area contributed by atoms with E-state index in [1.807, 2.05) is 6.92 Å². The number of aliphatic hydroxyl groups excluding tert-OH is 1. The lowest BCUT2D eigenvalue weighted by atomic mass is 10.0. The summed E-state index contributed by atoms with van der Waals surface area (Å²) >= 11 is 0. The zero-order chi connectivity index (χ0) is 14.2. The summed E-state index contributed by atoms with van der Waals surface area (Å²) in [5, 5.41) is 9.98. The third-order valence-corrected chi connectivity index (χ3v) is 3.43. The van der Waals surface area contributed by atoms with Crippen LogP contribution in [0.15, 0.2) is 18.2 Å². The maximum atomic E-state index is 12.0. The van der Waals surface area contributed by atoms with Gasteiger partial charge < -0.3 is 20.5 Å². The average molecular weight is 264 g/mol. The lowest BCUT2D eigenvalue weighted by Gasteiger charge is -2.32. The van der Waals surface area contributed by atoms with E-state index in [1.165, 1.54) is 0 Å². The van der Waals surface area contributed by atoms with Crippen molar-refractivity contribution in [2.75, 3.05) is 11.9 Å². The Labute approximate surface area is 113 Å². The summed E-state index contributed by atoms with van der Waals surface area (Å²) in [6.07, 6.45) is -0.549. The Morgan fingerprint density at radius 2 is 2.21 bits per heavy atom. The summed E-state index contributed by atoms with van der Waals surface area (Å²) in [6.45, 7) is 3.65. The van der Waals surface area contributed by atoms with Gasteiger partial charge in [-0.05, 0) is 31.0 Å². The molecule has 0 saturated carbocycles. The van der Waals surface area contributed by atoms with Crippen LogP contribution in [0.25, 0.3) is 0 Å². The van der Waals surface area contributed by atoms with E-state index in [2.05, 4.69) is 0 Å². The van der Waals surface area contributed by atoms with Crippen LogP contribution in [0, 0.1) is 0 Å². The van der Waals surface area contributed by atoms with Crippen LogP contribution >= 0.6 is 0 Å². The number of nitrogens with zero attached hydrogens (tertiary/aromatic N) is 1. The minimum atomic E-state index is -0.752. The molecule has 0 spiro atoms. The highest BCUT2D eigenvalue weighted by Crippen LogP contribution is 2.36. The predicted molar refractivity (Wildman–Crippen MR) is 73.2 cm³/mol. The van der Waals surface area contributed by atoms with Crippen LogP contribution in [0.2, 0.25) is 0 Å². The molecule has 0 bridgehead atoms. The van der Waals surface area contributed by atoms with Crippen LogP contribution in [0.3, 0.4) is 0 Å². The molecule has 0 aliphatic carbocycles. The normalized spacial score (nSPS) is 21.6. The molecule has 19 heavy (non-hydrogen) atoms. The SMILES string of the molecule is CCC1Oc2ccc(C(O)C(C)N)cc2N(C)C1=O. The van der Waals surface area contributed by atoms with Gasteiger partial charge in [0.25, 0.3) is 5.91 Å². The first-order valence-corrected chi connectivity index (χ1v) is 6.47. The molecule has 3 N–H and O–H groups in total. The van der Waals surface area contributed by atoms with Gasteiger partial charge in [-0.15, -0.1) is 0 Å². The molecule has 3 unspecified atom stereocenters. The topological polar surface area (TPSA) is 75.8 Å². The molecule has 1 aliphatic heterocycles. The van der Waals surface area contributed by atoms with Gasteiger partial charge in [0.2, 0.25) is 0 Å². The van der Waals surface area contributed by atoms with Crippen molar-refractivity contribution in [3.8, 4) is 5.75 Å². The van der Waals surface area contributed by atoms with Crippen LogP contribution in [-0.2, 0) is 4.79 Å². The number of carbonyl (C=O) groups is 1. The number of ether oxygens (including phenoxy) is 1. The summed E-state index contributed by atoms with van der Waals surface area (Å²) in [4.78, 5) is 13.6. The summed E-state index contributed by atoms with van der Waals surface area (Å²) in [5.41, 5.74) is 7.05. The maximum absolute atomic E-state index is 12.0. The van der Waals surface area contributed by atoms with Crippen LogP contribution in [-0.4, -0.2) is 30.2 Å². The second-order valence-corrected chi connectivity index (χ2v) is 4.94. The third-order valence-electron chi connectivity index (χ3n) is 3.43. The molecule has 2 rings (SSSR count). The minimum absolute atomic E-state index is 0.0672. The third kappa shape index (κ3) is 2.43. The van der Waals surface area contributed by atoms with Crippen LogP contribution < -0.4 is 15.4 Å². The van der Waals surface area contributed by atoms with Crippen molar-refractivity contribution in [2.45, 2.75) is 38.5 Å². The zero-order valence-corrected chi connectivity index (χ0v) is 11.5. The molecule has 1 amide bonds. The highest BCUT2D eigenvalue weighted by atomic mass is 16.5. The fourth-order valence-corrected chi connectivity index (χ4v) is 2.18. The minimum Gasteiger partial charge on any atom is -0.478 e. The van der Waals surface area contributed by atoms with Gasteiger partial charge in [-0.3, -0.25) is 4.79 Å². The number of nitrogens with two attached hydrogens (primary N) is 1. The van der Waals surface area contributed by atoms with E-state index in [0.717, 1.165) is 0 Å². The number of fused-ring (bicyclic) bond motifs is 1. The van der Waals surface area contributed by atoms with Crippen LogP contribution in [0.5, 0.6) is 5.75 Å². The van der Waals surface area contributed by atoms with E-state index in [9.17, 15) is 9.90 Å². The number of anilines is 1. The molecule has 1 heterocycles. The van der Waals surface area contributed by atoms with Crippen molar-refractivity contribution in [2.24, 2.45) is 5.73 Å². The molecule has 1 aromatic rings. The molecule has 1 aromatic carbocycles. The Hall–Kier alpha value is -1.59. The van der Waals surface area contributed by atoms with E-state index < -0.39 is 12.2 Å². The Morgan fingerprint density at radius 3 is 2.79 bits per heavy atom. The number of rotatable bonds is 3. The number of hydrogen-bond donors (Lipinski definition) is 2. The van der Waals surface area contributed by atoms with Gasteiger partial charge in [-0.2, -0.15) is 0 Å². The Morgan fingerprint density at radius 1 is 1.53 bits per heavy atom. The van der Waals surface area contributed by atoms with E-state index in [1.54, 1.807) is 37.1 Å². The van der Waals surface area contributed by atoms with Crippen LogP contribution in [0.1, 0.15) is 31.9 Å². The monoisotopic (exact) mass is 264 g/mol. The highest BCUT2D eigenvalue weighted by Gasteiger charge is 2.31. The second-order valence-electron chi connectivity index (χ2n) is 4.94. The van der Waals surface area contributed by atoms with Crippen molar-refractivity contribution < 1.29 is 14.6 Å². The van der Waals surface area contributed by atoms with Crippen molar-refractivity contribution in [3.05, 3.63) is 23.8 Å². The molecule has 0 aromatic heterocycles. The quantitative estimate of drug-likeness (QED) is 0.860. The van der Waals surface area contributed by atoms with Gasteiger partial charge in [0.15, 0.2) is 6.10 Å². The van der Waals surface area contributed by atoms with E-state index in [-0.39, 0.29) is 11.9 Å². The largest absolute Gasteiger partial charge is 0.478 e. The predicted octanol–water partition coefficient (Wildman–Crippen LogP) is 1.20. The van der Waals surface area contributed by atoms with Crippen molar-refractivity contribution in [1.29, 1.82) is 0 Å². The lowest BCUT2D eigenvalue weighted by molar-refractivity contribution is -0.126. The fraction of sp³-hybridized carbons (Fsp3) is 0.500. The lowest BCUT2D eigenvalue weighted by Crippen LogP contribution is -2.43. The van der Waals surface area contributed by atoms with Gasteiger partial charge in [-0.1, -0.05) is 13.0 Å². The van der Waals surface area contributed by atoms with Gasteiger partial charge >= 0.3 is 0 Å². The average Bonchev–Trinajstić information content (AvgIpc) is 2.41. The molecular weight excluding hydrogens is 244 g/mol. The van der Waals surface area contributed by atoms with Gasteiger partial charge in [0, 0.05) is 13.1 Å². The summed E-state index contributed by atoms with van der Waals surface area (Å²) in [6, 6.07) is 4.95. The molecule has 1 aliphatic rings. The molecular formula is C14H20N2O3. The zero-order valence-electron chi connectivity index (χ0n) is 11.5. The Bertz CT molecular complexity index is 488. The molecule has 0 saturated heterocycles. The number of aliphatic hydroxyl groups is 1.